The number of carboxylic acid groups (broad SMARTS) is 1. The molecule has 35 heavy (non-hydrogen) atoms. The van der Waals surface area contributed by atoms with E-state index in [2.05, 4.69) is 16.0 Å². The minimum atomic E-state index is -1.15. The van der Waals surface area contributed by atoms with Crippen LogP contribution in [0.3, 0.4) is 0 Å². The van der Waals surface area contributed by atoms with Gasteiger partial charge in [0, 0.05) is 13.5 Å². The van der Waals surface area contributed by atoms with E-state index in [0.717, 1.165) is 16.0 Å². The maximum atomic E-state index is 12.6. The molecule has 0 aromatic heterocycles. The molecule has 0 saturated heterocycles. The Morgan fingerprint density at radius 3 is 2.09 bits per heavy atom. The predicted octanol–water partition coefficient (Wildman–Crippen LogP) is 0.298. The Balaban J connectivity index is 1.87. The molecular formula is C25H32N4O6. The molecule has 0 fully saturated rings. The third kappa shape index (κ3) is 8.42. The second-order valence-electron chi connectivity index (χ2n) is 8.21. The van der Waals surface area contributed by atoms with Crippen LogP contribution in [-0.4, -0.2) is 77.6 Å². The minimum absolute atomic E-state index is 0.124. The highest BCUT2D eigenvalue weighted by Crippen LogP contribution is 2.12. The number of hydrogen-bond donors (Lipinski definition) is 5. The summed E-state index contributed by atoms with van der Waals surface area (Å²) in [6.45, 7) is 1.08. The summed E-state index contributed by atoms with van der Waals surface area (Å²) in [5.41, 5.74) is 1.60. The lowest BCUT2D eigenvalue weighted by Gasteiger charge is -2.25. The van der Waals surface area contributed by atoms with Crippen molar-refractivity contribution in [3.8, 4) is 5.75 Å². The van der Waals surface area contributed by atoms with Crippen LogP contribution in [0, 0.1) is 0 Å². The lowest BCUT2D eigenvalue weighted by atomic mass is 10.0. The number of carbonyl (C=O) groups excluding carboxylic acids is 3. The number of rotatable bonds is 12. The molecule has 0 aliphatic rings. The monoisotopic (exact) mass is 484 g/mol. The van der Waals surface area contributed by atoms with Crippen LogP contribution in [0.25, 0.3) is 0 Å². The van der Waals surface area contributed by atoms with Crippen molar-refractivity contribution < 1.29 is 29.4 Å². The minimum Gasteiger partial charge on any atom is -0.508 e. The molecule has 3 atom stereocenters. The van der Waals surface area contributed by atoms with E-state index in [1.165, 1.54) is 26.1 Å². The number of carboxylic acids is 1. The second kappa shape index (κ2) is 13.1. The molecule has 0 unspecified atom stereocenters. The third-order valence-electron chi connectivity index (χ3n) is 5.62. The standard InChI is InChI=1S/C25H32N4O6/c1-16(28-24(33)20(26-2)13-18-9-11-19(30)12-10-18)23(32)27-15-22(31)29(3)21(25(34)35)14-17-7-5-4-6-8-17/h4-12,16,20-21,26,30H,13-15H2,1-3H3,(H,27,32)(H,28,33)(H,34,35)/t16-,20+,21+/m1/s1. The topological polar surface area (TPSA) is 148 Å². The number of benzene rings is 2. The van der Waals surface area contributed by atoms with Gasteiger partial charge < -0.3 is 31.1 Å². The van der Waals surface area contributed by atoms with Crippen molar-refractivity contribution in [3.05, 3.63) is 65.7 Å². The van der Waals surface area contributed by atoms with Crippen molar-refractivity contribution in [1.29, 1.82) is 0 Å². The summed E-state index contributed by atoms with van der Waals surface area (Å²) < 4.78 is 0. The number of carbonyl (C=O) groups is 4. The van der Waals surface area contributed by atoms with Crippen molar-refractivity contribution in [1.82, 2.24) is 20.9 Å². The predicted molar refractivity (Wildman–Crippen MR) is 130 cm³/mol. The van der Waals surface area contributed by atoms with Crippen LogP contribution >= 0.6 is 0 Å². The number of amides is 3. The van der Waals surface area contributed by atoms with Crippen molar-refractivity contribution in [2.75, 3.05) is 20.6 Å². The van der Waals surface area contributed by atoms with Gasteiger partial charge in [0.05, 0.1) is 12.6 Å². The lowest BCUT2D eigenvalue weighted by Crippen LogP contribution is -2.53. The molecule has 2 rings (SSSR count). The summed E-state index contributed by atoms with van der Waals surface area (Å²) in [7, 11) is 3.00. The van der Waals surface area contributed by atoms with Crippen molar-refractivity contribution >= 4 is 23.7 Å². The van der Waals surface area contributed by atoms with E-state index in [4.69, 9.17) is 0 Å². The van der Waals surface area contributed by atoms with E-state index >= 15 is 0 Å². The van der Waals surface area contributed by atoms with Gasteiger partial charge in [-0.05, 0) is 43.7 Å². The fourth-order valence-electron chi connectivity index (χ4n) is 3.41. The lowest BCUT2D eigenvalue weighted by molar-refractivity contribution is -0.148. The van der Waals surface area contributed by atoms with Crippen LogP contribution in [-0.2, 0) is 32.0 Å². The van der Waals surface area contributed by atoms with Gasteiger partial charge in [0.25, 0.3) is 0 Å². The normalized spacial score (nSPS) is 13.2. The van der Waals surface area contributed by atoms with Gasteiger partial charge in [-0.2, -0.15) is 0 Å². The molecule has 0 saturated carbocycles. The van der Waals surface area contributed by atoms with Gasteiger partial charge in [0.15, 0.2) is 0 Å². The molecule has 0 bridgehead atoms. The molecular weight excluding hydrogens is 452 g/mol. The highest BCUT2D eigenvalue weighted by Gasteiger charge is 2.28. The SMILES string of the molecule is CN[C@@H](Cc1ccc(O)cc1)C(=O)N[C@H](C)C(=O)NCC(=O)N(C)[C@@H](Cc1ccccc1)C(=O)O. The average molecular weight is 485 g/mol. The van der Waals surface area contributed by atoms with Gasteiger partial charge in [-0.25, -0.2) is 4.79 Å². The Bertz CT molecular complexity index is 1010. The van der Waals surface area contributed by atoms with E-state index in [1.807, 2.05) is 6.07 Å². The van der Waals surface area contributed by atoms with Crippen LogP contribution in [0.4, 0.5) is 0 Å². The van der Waals surface area contributed by atoms with E-state index < -0.39 is 48.4 Å². The molecule has 2 aromatic rings. The van der Waals surface area contributed by atoms with Crippen molar-refractivity contribution in [2.45, 2.75) is 37.9 Å². The maximum absolute atomic E-state index is 12.6. The highest BCUT2D eigenvalue weighted by atomic mass is 16.4. The number of likely N-dealkylation sites (N-methyl/N-ethyl adjacent to an activating group) is 2. The van der Waals surface area contributed by atoms with Gasteiger partial charge >= 0.3 is 5.97 Å². The molecule has 10 nitrogen and oxygen atoms in total. The van der Waals surface area contributed by atoms with E-state index in [-0.39, 0.29) is 12.2 Å². The van der Waals surface area contributed by atoms with E-state index in [9.17, 15) is 29.4 Å². The third-order valence-corrected chi connectivity index (χ3v) is 5.62. The molecule has 0 heterocycles. The Morgan fingerprint density at radius 2 is 1.51 bits per heavy atom. The number of hydrogen-bond acceptors (Lipinski definition) is 6. The van der Waals surface area contributed by atoms with Gasteiger partial charge in [0.2, 0.25) is 17.7 Å². The Hall–Kier alpha value is -3.92. The molecule has 10 heteroatoms. The summed E-state index contributed by atoms with van der Waals surface area (Å²) in [5.74, 6) is -2.57. The number of aliphatic carboxylic acids is 1. The zero-order valence-corrected chi connectivity index (χ0v) is 20.0. The molecule has 188 valence electrons. The fourth-order valence-corrected chi connectivity index (χ4v) is 3.41. The quantitative estimate of drug-likeness (QED) is 0.291. The first-order chi connectivity index (χ1) is 16.6. The first kappa shape index (κ1) is 27.3. The summed E-state index contributed by atoms with van der Waals surface area (Å²) >= 11 is 0. The Labute approximate surface area is 204 Å². The number of phenolic OH excluding ortho intramolecular Hbond substituents is 1. The van der Waals surface area contributed by atoms with Crippen LogP contribution in [0.15, 0.2) is 54.6 Å². The van der Waals surface area contributed by atoms with Gasteiger partial charge in [-0.3, -0.25) is 14.4 Å². The fraction of sp³-hybridized carbons (Fsp3) is 0.360. The maximum Gasteiger partial charge on any atom is 0.326 e. The molecule has 0 aliphatic carbocycles. The highest BCUT2D eigenvalue weighted by molar-refractivity contribution is 5.92. The second-order valence-corrected chi connectivity index (χ2v) is 8.21. The summed E-state index contributed by atoms with van der Waals surface area (Å²) in [6, 6.07) is 12.8. The molecule has 0 aliphatic heterocycles. The zero-order valence-electron chi connectivity index (χ0n) is 20.0. The summed E-state index contributed by atoms with van der Waals surface area (Å²) in [5, 5.41) is 26.9. The van der Waals surface area contributed by atoms with Crippen LogP contribution in [0.1, 0.15) is 18.1 Å². The first-order valence-electron chi connectivity index (χ1n) is 11.2. The Kier molecular flexibility index (Phi) is 10.2. The summed E-state index contributed by atoms with van der Waals surface area (Å²) in [4.78, 5) is 50.4. The molecule has 0 radical (unpaired) electrons. The molecule has 2 aromatic carbocycles. The smallest absolute Gasteiger partial charge is 0.326 e. The van der Waals surface area contributed by atoms with Gasteiger partial charge in [-0.15, -0.1) is 0 Å². The molecule has 3 amide bonds. The number of phenols is 1. The summed E-state index contributed by atoms with van der Waals surface area (Å²) in [6.07, 6.45) is 0.476. The zero-order chi connectivity index (χ0) is 26.0. The van der Waals surface area contributed by atoms with E-state index in [1.54, 1.807) is 43.4 Å². The van der Waals surface area contributed by atoms with Crippen LogP contribution in [0.5, 0.6) is 5.75 Å². The van der Waals surface area contributed by atoms with Crippen molar-refractivity contribution in [3.63, 3.8) is 0 Å². The number of nitrogens with one attached hydrogen (secondary N) is 3. The average Bonchev–Trinajstić information content (AvgIpc) is 2.85. The van der Waals surface area contributed by atoms with E-state index in [0.29, 0.717) is 6.42 Å². The first-order valence-corrected chi connectivity index (χ1v) is 11.2. The van der Waals surface area contributed by atoms with Crippen LogP contribution in [0.2, 0.25) is 0 Å². The van der Waals surface area contributed by atoms with Gasteiger partial charge in [0.1, 0.15) is 17.8 Å². The van der Waals surface area contributed by atoms with Crippen molar-refractivity contribution in [2.24, 2.45) is 0 Å². The largest absolute Gasteiger partial charge is 0.508 e. The van der Waals surface area contributed by atoms with Gasteiger partial charge in [-0.1, -0.05) is 42.5 Å². The number of nitrogens with zero attached hydrogens (tertiary/aromatic N) is 1. The van der Waals surface area contributed by atoms with Crippen LogP contribution < -0.4 is 16.0 Å². The Morgan fingerprint density at radius 1 is 0.914 bits per heavy atom. The number of aromatic hydroxyl groups is 1. The molecule has 0 spiro atoms. The molecule has 5 N–H and O–H groups in total.